The van der Waals surface area contributed by atoms with E-state index in [4.69, 9.17) is 28.9 Å². The molecule has 0 atom stereocenters. The zero-order valence-electron chi connectivity index (χ0n) is 10.6. The lowest BCUT2D eigenvalue weighted by atomic mass is 10.2. The number of hydrogen-bond acceptors (Lipinski definition) is 3. The van der Waals surface area contributed by atoms with Crippen LogP contribution < -0.4 is 10.5 Å². The van der Waals surface area contributed by atoms with Crippen molar-refractivity contribution in [1.82, 2.24) is 0 Å². The number of anilines is 1. The topological polar surface area (TPSA) is 72.2 Å². The van der Waals surface area contributed by atoms with Crippen molar-refractivity contribution in [2.24, 2.45) is 5.73 Å². The van der Waals surface area contributed by atoms with E-state index in [1.807, 2.05) is 0 Å². The maximum Gasteiger partial charge on any atom is 0.261 e. The first-order valence-electron chi connectivity index (χ1n) is 5.80. The number of nitrogens with two attached hydrogens (primary N) is 1. The fourth-order valence-corrected chi connectivity index (χ4v) is 3.51. The Bertz CT molecular complexity index is 758. The van der Waals surface area contributed by atoms with E-state index in [9.17, 15) is 12.8 Å². The average molecular weight is 349 g/mol. The predicted molar refractivity (Wildman–Crippen MR) is 81.6 cm³/mol. The summed E-state index contributed by atoms with van der Waals surface area (Å²) in [5.74, 6) is -0.655. The van der Waals surface area contributed by atoms with Gasteiger partial charge >= 0.3 is 0 Å². The lowest BCUT2D eigenvalue weighted by Gasteiger charge is -2.12. The summed E-state index contributed by atoms with van der Waals surface area (Å²) in [7, 11) is -3.90. The Balaban J connectivity index is 2.42. The van der Waals surface area contributed by atoms with Gasteiger partial charge in [0.05, 0.1) is 20.6 Å². The minimum atomic E-state index is -3.90. The molecule has 0 aliphatic rings. The van der Waals surface area contributed by atoms with Crippen LogP contribution in [-0.4, -0.2) is 8.42 Å². The van der Waals surface area contributed by atoms with Crippen LogP contribution in [0.25, 0.3) is 0 Å². The molecule has 0 saturated heterocycles. The molecule has 0 bridgehead atoms. The van der Waals surface area contributed by atoms with Crippen molar-refractivity contribution in [2.45, 2.75) is 11.4 Å². The number of rotatable bonds is 4. The highest BCUT2D eigenvalue weighted by Gasteiger charge is 2.18. The van der Waals surface area contributed by atoms with Crippen molar-refractivity contribution in [1.29, 1.82) is 0 Å². The molecule has 0 aliphatic carbocycles. The van der Waals surface area contributed by atoms with Gasteiger partial charge in [0.2, 0.25) is 0 Å². The fourth-order valence-electron chi connectivity index (χ4n) is 1.67. The van der Waals surface area contributed by atoms with Crippen LogP contribution in [0.15, 0.2) is 41.3 Å². The molecule has 112 valence electrons. The summed E-state index contributed by atoms with van der Waals surface area (Å²) in [4.78, 5) is 0.0157. The van der Waals surface area contributed by atoms with Gasteiger partial charge in [0, 0.05) is 6.54 Å². The van der Waals surface area contributed by atoms with Crippen molar-refractivity contribution in [3.8, 4) is 0 Å². The van der Waals surface area contributed by atoms with Gasteiger partial charge in [0.15, 0.2) is 0 Å². The second-order valence-electron chi connectivity index (χ2n) is 4.20. The molecule has 0 aliphatic heterocycles. The standard InChI is InChI=1S/C13H11Cl2FN2O2S/c14-11-5-9(16)6-12(15)13(11)18-21(19,20)10-3-1-2-8(4-10)7-17/h1-6,18H,7,17H2. The summed E-state index contributed by atoms with van der Waals surface area (Å²) in [6.45, 7) is 0.210. The summed E-state index contributed by atoms with van der Waals surface area (Å²) < 4.78 is 39.9. The quantitative estimate of drug-likeness (QED) is 0.889. The van der Waals surface area contributed by atoms with Gasteiger partial charge in [-0.3, -0.25) is 4.72 Å². The molecule has 0 heterocycles. The van der Waals surface area contributed by atoms with Crippen molar-refractivity contribution in [3.63, 3.8) is 0 Å². The molecular weight excluding hydrogens is 338 g/mol. The summed E-state index contributed by atoms with van der Waals surface area (Å²) in [6, 6.07) is 8.07. The van der Waals surface area contributed by atoms with Crippen LogP contribution in [0, 0.1) is 5.82 Å². The van der Waals surface area contributed by atoms with Gasteiger partial charge in [0.1, 0.15) is 5.82 Å². The number of benzene rings is 2. The Morgan fingerprint density at radius 3 is 2.33 bits per heavy atom. The first kappa shape index (κ1) is 16.0. The van der Waals surface area contributed by atoms with E-state index in [1.165, 1.54) is 12.1 Å². The molecule has 0 fully saturated rings. The van der Waals surface area contributed by atoms with Gasteiger partial charge in [-0.2, -0.15) is 0 Å². The first-order valence-corrected chi connectivity index (χ1v) is 8.04. The normalized spacial score (nSPS) is 11.4. The molecule has 2 rings (SSSR count). The van der Waals surface area contributed by atoms with Gasteiger partial charge < -0.3 is 5.73 Å². The zero-order chi connectivity index (χ0) is 15.6. The van der Waals surface area contributed by atoms with Gasteiger partial charge in [-0.15, -0.1) is 0 Å². The van der Waals surface area contributed by atoms with Gasteiger partial charge in [0.25, 0.3) is 10.0 Å². The molecule has 2 aromatic carbocycles. The van der Waals surface area contributed by atoms with Crippen LogP contribution in [0.2, 0.25) is 10.0 Å². The van der Waals surface area contributed by atoms with E-state index in [-0.39, 0.29) is 27.2 Å². The smallest absolute Gasteiger partial charge is 0.261 e. The molecule has 0 spiro atoms. The number of hydrogen-bond donors (Lipinski definition) is 2. The minimum absolute atomic E-state index is 0.0157. The van der Waals surface area contributed by atoms with Crippen LogP contribution in [0.4, 0.5) is 10.1 Å². The summed E-state index contributed by atoms with van der Waals surface area (Å²) in [6.07, 6.45) is 0. The molecule has 0 aromatic heterocycles. The summed E-state index contributed by atoms with van der Waals surface area (Å²) >= 11 is 11.6. The van der Waals surface area contributed by atoms with Crippen molar-refractivity contribution in [2.75, 3.05) is 4.72 Å². The van der Waals surface area contributed by atoms with Crippen LogP contribution in [0.3, 0.4) is 0 Å². The van der Waals surface area contributed by atoms with Crippen molar-refractivity contribution < 1.29 is 12.8 Å². The zero-order valence-corrected chi connectivity index (χ0v) is 12.9. The Labute approximate surface area is 131 Å². The molecule has 8 heteroatoms. The van der Waals surface area contributed by atoms with E-state index >= 15 is 0 Å². The lowest BCUT2D eigenvalue weighted by molar-refractivity contribution is 0.601. The van der Waals surface area contributed by atoms with Crippen LogP contribution in [-0.2, 0) is 16.6 Å². The maximum absolute atomic E-state index is 13.1. The molecular formula is C13H11Cl2FN2O2S. The largest absolute Gasteiger partial charge is 0.326 e. The molecule has 2 aromatic rings. The molecule has 21 heavy (non-hydrogen) atoms. The Morgan fingerprint density at radius 1 is 1.14 bits per heavy atom. The third kappa shape index (κ3) is 3.65. The predicted octanol–water partition coefficient (Wildman–Crippen LogP) is 3.39. The average Bonchev–Trinajstić information content (AvgIpc) is 2.43. The van der Waals surface area contributed by atoms with Gasteiger partial charge in [-0.25, -0.2) is 12.8 Å². The van der Waals surface area contributed by atoms with E-state index < -0.39 is 15.8 Å². The van der Waals surface area contributed by atoms with Crippen LogP contribution >= 0.6 is 23.2 Å². The minimum Gasteiger partial charge on any atom is -0.326 e. The Morgan fingerprint density at radius 2 is 1.76 bits per heavy atom. The lowest BCUT2D eigenvalue weighted by Crippen LogP contribution is -2.14. The van der Waals surface area contributed by atoms with Gasteiger partial charge in [-0.05, 0) is 29.8 Å². The van der Waals surface area contributed by atoms with Crippen LogP contribution in [0.5, 0.6) is 0 Å². The van der Waals surface area contributed by atoms with Crippen molar-refractivity contribution in [3.05, 3.63) is 57.8 Å². The second kappa shape index (κ2) is 6.19. The number of sulfonamides is 1. The first-order chi connectivity index (χ1) is 9.83. The molecule has 0 radical (unpaired) electrons. The second-order valence-corrected chi connectivity index (χ2v) is 6.70. The number of halogens is 3. The van der Waals surface area contributed by atoms with E-state index in [0.29, 0.717) is 5.56 Å². The fraction of sp³-hybridized carbons (Fsp3) is 0.0769. The Kier molecular flexibility index (Phi) is 4.73. The maximum atomic E-state index is 13.1. The van der Waals surface area contributed by atoms with Gasteiger partial charge in [-0.1, -0.05) is 35.3 Å². The van der Waals surface area contributed by atoms with E-state index in [2.05, 4.69) is 4.72 Å². The number of nitrogens with one attached hydrogen (secondary N) is 1. The third-order valence-corrected chi connectivity index (χ3v) is 4.63. The van der Waals surface area contributed by atoms with Crippen LogP contribution in [0.1, 0.15) is 5.56 Å². The monoisotopic (exact) mass is 348 g/mol. The molecule has 0 saturated carbocycles. The highest BCUT2D eigenvalue weighted by molar-refractivity contribution is 7.92. The highest BCUT2D eigenvalue weighted by Crippen LogP contribution is 2.33. The van der Waals surface area contributed by atoms with E-state index in [1.54, 1.807) is 12.1 Å². The molecule has 3 N–H and O–H groups in total. The van der Waals surface area contributed by atoms with E-state index in [0.717, 1.165) is 12.1 Å². The van der Waals surface area contributed by atoms with Crippen molar-refractivity contribution >= 4 is 38.9 Å². The Hall–Kier alpha value is -1.34. The highest BCUT2D eigenvalue weighted by atomic mass is 35.5. The summed E-state index contributed by atoms with van der Waals surface area (Å²) in [5, 5.41) is -0.253. The summed E-state index contributed by atoms with van der Waals surface area (Å²) in [5.41, 5.74) is 6.07. The molecule has 0 amide bonds. The molecule has 4 nitrogen and oxygen atoms in total. The SMILES string of the molecule is NCc1cccc(S(=O)(=O)Nc2c(Cl)cc(F)cc2Cl)c1. The third-order valence-electron chi connectivity index (χ3n) is 2.69. The molecule has 0 unspecified atom stereocenters.